The van der Waals surface area contributed by atoms with E-state index in [0.717, 1.165) is 31.2 Å². The van der Waals surface area contributed by atoms with Crippen LogP contribution in [0, 0.1) is 5.92 Å². The number of rotatable bonds is 5. The highest BCUT2D eigenvalue weighted by molar-refractivity contribution is 7.94. The highest BCUT2D eigenvalue weighted by atomic mass is 35.5. The van der Waals surface area contributed by atoms with Crippen LogP contribution in [0.15, 0.2) is 21.9 Å². The molecule has 0 radical (unpaired) electrons. The van der Waals surface area contributed by atoms with E-state index in [2.05, 4.69) is 0 Å². The molecule has 0 atom stereocenters. The monoisotopic (exact) mass is 352 g/mol. The molecule has 1 aromatic carbocycles. The Morgan fingerprint density at radius 2 is 1.86 bits per heavy atom. The minimum Gasteiger partial charge on any atom is -0.478 e. The summed E-state index contributed by atoms with van der Waals surface area (Å²) in [6.07, 6.45) is 2.36. The summed E-state index contributed by atoms with van der Waals surface area (Å²) in [5.41, 5.74) is -0.432. The van der Waals surface area contributed by atoms with E-state index < -0.39 is 46.0 Å². The highest BCUT2D eigenvalue weighted by Crippen LogP contribution is 2.37. The van der Waals surface area contributed by atoms with Gasteiger partial charge < -0.3 is 5.11 Å². The largest absolute Gasteiger partial charge is 0.478 e. The lowest BCUT2D eigenvalue weighted by Crippen LogP contribution is -2.16. The number of carboxylic acids is 1. The van der Waals surface area contributed by atoms with Crippen LogP contribution in [0.5, 0.6) is 0 Å². The first kappa shape index (κ1) is 16.3. The van der Waals surface area contributed by atoms with E-state index in [1.54, 1.807) is 0 Å². The molecule has 0 aromatic heterocycles. The quantitative estimate of drug-likeness (QED) is 0.863. The van der Waals surface area contributed by atoms with Gasteiger partial charge in [0.25, 0.3) is 0 Å². The molecule has 0 heterocycles. The summed E-state index contributed by atoms with van der Waals surface area (Å²) in [6.45, 7) is 0. The third-order valence-electron chi connectivity index (χ3n) is 3.15. The second-order valence-electron chi connectivity index (χ2n) is 5.06. The molecule has 9 heteroatoms. The van der Waals surface area contributed by atoms with Gasteiger partial charge in [-0.15, -0.1) is 0 Å². The molecule has 1 aliphatic rings. The van der Waals surface area contributed by atoms with Gasteiger partial charge in [-0.2, -0.15) is 0 Å². The minimum absolute atomic E-state index is 0.0213. The fraction of sp³-hybridized carbons (Fsp3) is 0.417. The van der Waals surface area contributed by atoms with E-state index in [1.807, 2.05) is 0 Å². The number of carbonyl (C=O) groups is 1. The van der Waals surface area contributed by atoms with Crippen molar-refractivity contribution in [1.29, 1.82) is 0 Å². The van der Waals surface area contributed by atoms with E-state index in [0.29, 0.717) is 0 Å². The number of hydrogen-bond acceptors (Lipinski definition) is 5. The van der Waals surface area contributed by atoms with Crippen LogP contribution in [0.3, 0.4) is 0 Å². The number of hydrogen-bond donors (Lipinski definition) is 1. The third-order valence-corrected chi connectivity index (χ3v) is 6.88. The molecule has 0 unspecified atom stereocenters. The van der Waals surface area contributed by atoms with Crippen molar-refractivity contribution < 1.29 is 26.7 Å². The number of benzene rings is 1. The van der Waals surface area contributed by atoms with Crippen LogP contribution in [0.25, 0.3) is 0 Å². The van der Waals surface area contributed by atoms with Crippen LogP contribution in [0.2, 0.25) is 5.02 Å². The van der Waals surface area contributed by atoms with Gasteiger partial charge in [0.05, 0.1) is 21.2 Å². The second kappa shape index (κ2) is 5.26. The summed E-state index contributed by atoms with van der Waals surface area (Å²) < 4.78 is 48.3. The Bertz CT molecular complexity index is 806. The van der Waals surface area contributed by atoms with Gasteiger partial charge in [0.15, 0.2) is 19.7 Å². The first-order chi connectivity index (χ1) is 9.54. The summed E-state index contributed by atoms with van der Waals surface area (Å²) in [6, 6.07) is 1.97. The molecule has 0 spiro atoms. The lowest BCUT2D eigenvalue weighted by Gasteiger charge is -2.12. The molecule has 1 fully saturated rings. The number of halogens is 1. The Morgan fingerprint density at radius 3 is 2.29 bits per heavy atom. The molecule has 0 saturated heterocycles. The van der Waals surface area contributed by atoms with Crippen molar-refractivity contribution in [3.63, 3.8) is 0 Å². The number of carboxylic acid groups (broad SMARTS) is 1. The minimum atomic E-state index is -3.97. The molecule has 0 aliphatic heterocycles. The summed E-state index contributed by atoms with van der Waals surface area (Å²) >= 11 is 5.88. The molecule has 1 N–H and O–H groups in total. The van der Waals surface area contributed by atoms with Crippen molar-refractivity contribution >= 4 is 37.2 Å². The van der Waals surface area contributed by atoms with Crippen LogP contribution < -0.4 is 0 Å². The molecule has 1 aromatic rings. The number of sulfone groups is 2. The Morgan fingerprint density at radius 1 is 1.29 bits per heavy atom. The normalized spacial score (nSPS) is 15.9. The second-order valence-corrected chi connectivity index (χ2v) is 9.39. The van der Waals surface area contributed by atoms with Gasteiger partial charge in [0.2, 0.25) is 0 Å². The topological polar surface area (TPSA) is 106 Å². The molecule has 0 bridgehead atoms. The molecule has 0 amide bonds. The predicted molar refractivity (Wildman–Crippen MR) is 76.3 cm³/mol. The third kappa shape index (κ3) is 3.38. The van der Waals surface area contributed by atoms with E-state index >= 15 is 0 Å². The van der Waals surface area contributed by atoms with E-state index in [4.69, 9.17) is 16.7 Å². The molecule has 116 valence electrons. The van der Waals surface area contributed by atoms with Crippen LogP contribution in [-0.2, 0) is 19.7 Å². The van der Waals surface area contributed by atoms with Gasteiger partial charge in [0, 0.05) is 6.26 Å². The molecule has 1 saturated carbocycles. The van der Waals surface area contributed by atoms with Gasteiger partial charge in [-0.1, -0.05) is 11.6 Å². The highest BCUT2D eigenvalue weighted by Gasteiger charge is 2.35. The summed E-state index contributed by atoms with van der Waals surface area (Å²) in [5.74, 6) is -1.66. The molecular formula is C12H13ClO6S2. The maximum Gasteiger partial charge on any atom is 0.337 e. The van der Waals surface area contributed by atoms with Crippen molar-refractivity contribution in [1.82, 2.24) is 0 Å². The molecule has 2 rings (SSSR count). The molecule has 1 aliphatic carbocycles. The predicted octanol–water partition coefficient (Wildman–Crippen LogP) is 1.63. The zero-order valence-electron chi connectivity index (χ0n) is 11.0. The average molecular weight is 353 g/mol. The first-order valence-corrected chi connectivity index (χ1v) is 9.95. The van der Waals surface area contributed by atoms with Crippen LogP contribution >= 0.6 is 11.6 Å². The molecule has 21 heavy (non-hydrogen) atoms. The van der Waals surface area contributed by atoms with Crippen molar-refractivity contribution in [3.05, 3.63) is 22.7 Å². The maximum atomic E-state index is 12.4. The van der Waals surface area contributed by atoms with Gasteiger partial charge in [-0.3, -0.25) is 0 Å². The zero-order valence-corrected chi connectivity index (χ0v) is 13.4. The fourth-order valence-electron chi connectivity index (χ4n) is 1.96. The number of aromatic carboxylic acids is 1. The van der Waals surface area contributed by atoms with E-state index in [1.165, 1.54) is 0 Å². The molecule has 6 nitrogen and oxygen atoms in total. The van der Waals surface area contributed by atoms with Crippen molar-refractivity contribution in [2.75, 3.05) is 12.0 Å². The van der Waals surface area contributed by atoms with Crippen LogP contribution in [-0.4, -0.2) is 39.9 Å². The Kier molecular flexibility index (Phi) is 4.07. The van der Waals surface area contributed by atoms with Crippen molar-refractivity contribution in [2.24, 2.45) is 5.92 Å². The van der Waals surface area contributed by atoms with Crippen LogP contribution in [0.1, 0.15) is 23.2 Å². The first-order valence-electron chi connectivity index (χ1n) is 6.02. The van der Waals surface area contributed by atoms with Crippen molar-refractivity contribution in [2.45, 2.75) is 22.6 Å². The van der Waals surface area contributed by atoms with Gasteiger partial charge in [-0.25, -0.2) is 21.6 Å². The lowest BCUT2D eigenvalue weighted by atomic mass is 10.2. The fourth-order valence-corrected chi connectivity index (χ4v) is 6.09. The van der Waals surface area contributed by atoms with Gasteiger partial charge >= 0.3 is 5.97 Å². The Labute approximate surface area is 127 Å². The smallest absolute Gasteiger partial charge is 0.337 e. The maximum absolute atomic E-state index is 12.4. The van der Waals surface area contributed by atoms with E-state index in [-0.39, 0.29) is 11.7 Å². The summed E-state index contributed by atoms with van der Waals surface area (Å²) in [7, 11) is -7.83. The summed E-state index contributed by atoms with van der Waals surface area (Å²) in [4.78, 5) is 10.0. The Hall–Kier alpha value is -1.12. The SMILES string of the molecule is CS(=O)(=O)c1ccc(C(=O)O)c(Cl)c1S(=O)(=O)CC1CC1. The summed E-state index contributed by atoms with van der Waals surface area (Å²) in [5, 5.41) is 8.47. The van der Waals surface area contributed by atoms with Crippen molar-refractivity contribution in [3.8, 4) is 0 Å². The Balaban J connectivity index is 2.75. The standard InChI is InChI=1S/C12H13ClO6S2/c1-20(16,17)9-5-4-8(12(14)15)10(13)11(9)21(18,19)6-7-2-3-7/h4-5,7H,2-3,6H2,1H3,(H,14,15). The van der Waals surface area contributed by atoms with Gasteiger partial charge in [0.1, 0.15) is 4.90 Å². The lowest BCUT2D eigenvalue weighted by molar-refractivity contribution is 0.0696. The zero-order chi connectivity index (χ0) is 16.0. The average Bonchev–Trinajstić information content (AvgIpc) is 3.09. The van der Waals surface area contributed by atoms with Gasteiger partial charge in [-0.05, 0) is 30.9 Å². The van der Waals surface area contributed by atoms with E-state index in [9.17, 15) is 21.6 Å². The van der Waals surface area contributed by atoms with Crippen LogP contribution in [0.4, 0.5) is 0 Å². The molecular weight excluding hydrogens is 340 g/mol.